The molecule has 5 nitrogen and oxygen atoms in total. The van der Waals surface area contributed by atoms with Gasteiger partial charge in [-0.15, -0.1) is 11.3 Å². The normalized spacial score (nSPS) is 10.6. The van der Waals surface area contributed by atoms with Crippen LogP contribution < -0.4 is 11.1 Å². The molecule has 24 heavy (non-hydrogen) atoms. The molecule has 0 atom stereocenters. The Morgan fingerprint density at radius 2 is 2.00 bits per heavy atom. The van der Waals surface area contributed by atoms with Gasteiger partial charge in [-0.05, 0) is 23.8 Å². The Morgan fingerprint density at radius 1 is 1.17 bits per heavy atom. The molecule has 0 unspecified atom stereocenters. The second-order valence-corrected chi connectivity index (χ2v) is 6.09. The number of hydrogen-bond donors (Lipinski definition) is 2. The Kier molecular flexibility index (Phi) is 4.48. The molecule has 0 aliphatic heterocycles. The van der Waals surface area contributed by atoms with E-state index < -0.39 is 11.6 Å². The van der Waals surface area contributed by atoms with Crippen LogP contribution in [-0.4, -0.2) is 15.9 Å². The maximum Gasteiger partial charge on any atom is 0.259 e. The van der Waals surface area contributed by atoms with Crippen molar-refractivity contribution in [3.8, 4) is 0 Å². The van der Waals surface area contributed by atoms with Gasteiger partial charge in [-0.1, -0.05) is 6.07 Å². The van der Waals surface area contributed by atoms with E-state index in [2.05, 4.69) is 15.3 Å². The number of anilines is 2. The van der Waals surface area contributed by atoms with Gasteiger partial charge in [-0.2, -0.15) is 0 Å². The third-order valence-corrected chi connectivity index (χ3v) is 4.12. The van der Waals surface area contributed by atoms with Gasteiger partial charge in [0.05, 0.1) is 5.56 Å². The topological polar surface area (TPSA) is 80.9 Å². The highest BCUT2D eigenvalue weighted by Gasteiger charge is 2.11. The molecule has 3 N–H and O–H groups in total. The number of amides is 1. The van der Waals surface area contributed by atoms with Crippen molar-refractivity contribution in [2.75, 3.05) is 11.1 Å². The molecule has 0 saturated carbocycles. The van der Waals surface area contributed by atoms with Crippen LogP contribution in [0.3, 0.4) is 0 Å². The Morgan fingerprint density at radius 3 is 2.71 bits per heavy atom. The zero-order valence-corrected chi connectivity index (χ0v) is 13.1. The van der Waals surface area contributed by atoms with Crippen molar-refractivity contribution in [2.24, 2.45) is 0 Å². The standard InChI is InChI=1S/C16H12F2N4OS/c17-11-3-1-9(13(18)6-11)5-12-8-21-16(24-12)22-15(23)10-2-4-14(19)20-7-10/h1-4,6-8H,5H2,(H2,19,20)(H,21,22,23). The van der Waals surface area contributed by atoms with Crippen LogP contribution >= 0.6 is 11.3 Å². The lowest BCUT2D eigenvalue weighted by Crippen LogP contribution is -2.12. The molecule has 0 radical (unpaired) electrons. The minimum atomic E-state index is -0.620. The van der Waals surface area contributed by atoms with Crippen LogP contribution in [0.15, 0.2) is 42.7 Å². The fourth-order valence-electron chi connectivity index (χ4n) is 2.01. The van der Waals surface area contributed by atoms with E-state index in [9.17, 15) is 13.6 Å². The maximum absolute atomic E-state index is 13.7. The molecule has 2 aromatic heterocycles. The van der Waals surface area contributed by atoms with Crippen molar-refractivity contribution in [1.82, 2.24) is 9.97 Å². The summed E-state index contributed by atoms with van der Waals surface area (Å²) < 4.78 is 26.6. The highest BCUT2D eigenvalue weighted by molar-refractivity contribution is 7.15. The summed E-state index contributed by atoms with van der Waals surface area (Å²) >= 11 is 1.22. The van der Waals surface area contributed by atoms with Crippen LogP contribution in [0.25, 0.3) is 0 Å². The third-order valence-electron chi connectivity index (χ3n) is 3.20. The van der Waals surface area contributed by atoms with Gasteiger partial charge >= 0.3 is 0 Å². The number of thiazole rings is 1. The Balaban J connectivity index is 1.69. The SMILES string of the molecule is Nc1ccc(C(=O)Nc2ncc(Cc3ccc(F)cc3F)s2)cn1. The third kappa shape index (κ3) is 3.72. The van der Waals surface area contributed by atoms with Crippen LogP contribution in [0.4, 0.5) is 19.7 Å². The van der Waals surface area contributed by atoms with Gasteiger partial charge in [0.15, 0.2) is 5.13 Å². The van der Waals surface area contributed by atoms with E-state index in [1.807, 2.05) is 0 Å². The summed E-state index contributed by atoms with van der Waals surface area (Å²) in [5.74, 6) is -1.27. The van der Waals surface area contributed by atoms with Crippen LogP contribution in [0, 0.1) is 11.6 Å². The van der Waals surface area contributed by atoms with E-state index in [-0.39, 0.29) is 12.3 Å². The Bertz CT molecular complexity index is 880. The van der Waals surface area contributed by atoms with Crippen LogP contribution in [0.5, 0.6) is 0 Å². The van der Waals surface area contributed by atoms with Crippen molar-refractivity contribution in [3.05, 3.63) is 70.4 Å². The number of benzene rings is 1. The van der Waals surface area contributed by atoms with Gasteiger partial charge in [0.25, 0.3) is 5.91 Å². The van der Waals surface area contributed by atoms with Gasteiger partial charge in [-0.3, -0.25) is 10.1 Å². The molecule has 1 aromatic carbocycles. The first-order valence-electron chi connectivity index (χ1n) is 6.93. The summed E-state index contributed by atoms with van der Waals surface area (Å²) in [5, 5.41) is 3.03. The fraction of sp³-hybridized carbons (Fsp3) is 0.0625. The number of nitrogens with zero attached hydrogens (tertiary/aromatic N) is 2. The average molecular weight is 346 g/mol. The number of aromatic nitrogens is 2. The molecule has 122 valence electrons. The summed E-state index contributed by atoms with van der Waals surface area (Å²) in [5.41, 5.74) is 6.18. The lowest BCUT2D eigenvalue weighted by Gasteiger charge is -2.02. The number of carbonyl (C=O) groups excluding carboxylic acids is 1. The first-order valence-corrected chi connectivity index (χ1v) is 7.74. The molecule has 3 aromatic rings. The number of rotatable bonds is 4. The number of hydrogen-bond acceptors (Lipinski definition) is 5. The summed E-state index contributed by atoms with van der Waals surface area (Å²) in [6, 6.07) is 6.52. The minimum absolute atomic E-state index is 0.267. The first kappa shape index (κ1) is 16.0. The van der Waals surface area contributed by atoms with Gasteiger partial charge in [0.1, 0.15) is 17.5 Å². The van der Waals surface area contributed by atoms with Gasteiger partial charge in [0, 0.05) is 29.8 Å². The van der Waals surface area contributed by atoms with Crippen molar-refractivity contribution < 1.29 is 13.6 Å². The number of nitrogens with one attached hydrogen (secondary N) is 1. The smallest absolute Gasteiger partial charge is 0.259 e. The number of nitrogen functional groups attached to an aromatic ring is 1. The predicted molar refractivity (Wildman–Crippen MR) is 87.9 cm³/mol. The zero-order valence-electron chi connectivity index (χ0n) is 12.3. The maximum atomic E-state index is 13.7. The molecule has 0 saturated heterocycles. The molecular formula is C16H12F2N4OS. The molecule has 0 bridgehead atoms. The molecule has 0 aliphatic carbocycles. The Hall–Kier alpha value is -2.87. The van der Waals surface area contributed by atoms with Crippen LogP contribution in [0.2, 0.25) is 0 Å². The zero-order chi connectivity index (χ0) is 17.1. The summed E-state index contributed by atoms with van der Waals surface area (Å²) in [6.45, 7) is 0. The van der Waals surface area contributed by atoms with Gasteiger partial charge in [0.2, 0.25) is 0 Å². The van der Waals surface area contributed by atoms with Crippen LogP contribution in [0.1, 0.15) is 20.8 Å². The summed E-state index contributed by atoms with van der Waals surface area (Å²) in [4.78, 5) is 20.7. The second-order valence-electron chi connectivity index (χ2n) is 4.97. The van der Waals surface area contributed by atoms with Crippen molar-refractivity contribution in [1.29, 1.82) is 0 Å². The lowest BCUT2D eigenvalue weighted by molar-refractivity contribution is 0.102. The first-order chi connectivity index (χ1) is 11.5. The van der Waals surface area contributed by atoms with E-state index in [1.165, 1.54) is 35.7 Å². The largest absolute Gasteiger partial charge is 0.384 e. The number of pyridine rings is 1. The van der Waals surface area contributed by atoms with E-state index >= 15 is 0 Å². The van der Waals surface area contributed by atoms with Crippen molar-refractivity contribution >= 4 is 28.2 Å². The lowest BCUT2D eigenvalue weighted by atomic mass is 10.1. The number of halogens is 2. The van der Waals surface area contributed by atoms with Gasteiger partial charge in [-0.25, -0.2) is 18.7 Å². The van der Waals surface area contributed by atoms with Crippen molar-refractivity contribution in [2.45, 2.75) is 6.42 Å². The number of nitrogens with two attached hydrogens (primary N) is 1. The van der Waals surface area contributed by atoms with Crippen molar-refractivity contribution in [3.63, 3.8) is 0 Å². The minimum Gasteiger partial charge on any atom is -0.384 e. The predicted octanol–water partition coefficient (Wildman–Crippen LogP) is 3.24. The van der Waals surface area contributed by atoms with E-state index in [1.54, 1.807) is 12.3 Å². The summed E-state index contributed by atoms with van der Waals surface area (Å²) in [6.07, 6.45) is 3.18. The highest BCUT2D eigenvalue weighted by atomic mass is 32.1. The van der Waals surface area contributed by atoms with E-state index in [0.29, 0.717) is 22.1 Å². The van der Waals surface area contributed by atoms with Crippen LogP contribution in [-0.2, 0) is 6.42 Å². The monoisotopic (exact) mass is 346 g/mol. The molecule has 1 amide bonds. The molecular weight excluding hydrogens is 334 g/mol. The molecule has 0 spiro atoms. The Labute approximate surface area is 140 Å². The summed E-state index contributed by atoms with van der Waals surface area (Å²) in [7, 11) is 0. The quantitative estimate of drug-likeness (QED) is 0.760. The van der Waals surface area contributed by atoms with E-state index in [4.69, 9.17) is 5.73 Å². The van der Waals surface area contributed by atoms with E-state index in [0.717, 1.165) is 10.9 Å². The molecule has 2 heterocycles. The highest BCUT2D eigenvalue weighted by Crippen LogP contribution is 2.23. The van der Waals surface area contributed by atoms with Gasteiger partial charge < -0.3 is 5.73 Å². The fourth-order valence-corrected chi connectivity index (χ4v) is 2.84. The average Bonchev–Trinajstić information content (AvgIpc) is 2.98. The molecule has 3 rings (SSSR count). The number of carbonyl (C=O) groups is 1. The second kappa shape index (κ2) is 6.71. The molecule has 8 heteroatoms. The molecule has 0 fully saturated rings. The molecule has 0 aliphatic rings.